The van der Waals surface area contributed by atoms with E-state index in [1.165, 1.54) is 0 Å². The van der Waals surface area contributed by atoms with Crippen LogP contribution in [0.25, 0.3) is 0 Å². The summed E-state index contributed by atoms with van der Waals surface area (Å²) in [6.45, 7) is 0. The first kappa shape index (κ1) is 10.8. The highest BCUT2D eigenvalue weighted by atomic mass is 19.3. The number of benzene rings is 1. The van der Waals surface area contributed by atoms with Gasteiger partial charge in [0.05, 0.1) is 5.69 Å². The molecule has 8 heteroatoms. The van der Waals surface area contributed by atoms with Crippen LogP contribution in [0.1, 0.15) is 0 Å². The van der Waals surface area contributed by atoms with Crippen molar-refractivity contribution in [2.75, 3.05) is 5.73 Å². The second kappa shape index (κ2) is 4.29. The summed E-state index contributed by atoms with van der Waals surface area (Å²) in [5, 5.41) is 0. The molecule has 0 unspecified atom stereocenters. The molecule has 0 saturated heterocycles. The summed E-state index contributed by atoms with van der Waals surface area (Å²) in [6.07, 6.45) is 0. The summed E-state index contributed by atoms with van der Waals surface area (Å²) in [7, 11) is -2.26. The van der Waals surface area contributed by atoms with Crippen LogP contribution in [0.2, 0.25) is 0 Å². The van der Waals surface area contributed by atoms with Crippen molar-refractivity contribution in [2.24, 2.45) is 0 Å². The van der Waals surface area contributed by atoms with Crippen molar-refractivity contribution in [3.8, 4) is 0 Å². The van der Waals surface area contributed by atoms with Gasteiger partial charge in [0.15, 0.2) is 11.6 Å². The second-order valence-electron chi connectivity index (χ2n) is 2.38. The molecular formula is C6H4BF4NO2. The van der Waals surface area contributed by atoms with Crippen LogP contribution in [0.3, 0.4) is 0 Å². The molecule has 0 aliphatic rings. The van der Waals surface area contributed by atoms with Gasteiger partial charge in [-0.25, -0.2) is 18.5 Å². The summed E-state index contributed by atoms with van der Waals surface area (Å²) < 4.78 is 48.8. The Morgan fingerprint density at radius 3 is 2.14 bits per heavy atom. The number of halogens is 4. The third-order valence-electron chi connectivity index (χ3n) is 1.56. The fourth-order valence-corrected chi connectivity index (χ4v) is 0.871. The number of rotatable bonds is 3. The molecule has 1 rings (SSSR count). The van der Waals surface area contributed by atoms with E-state index in [2.05, 4.69) is 9.72 Å². The van der Waals surface area contributed by atoms with Gasteiger partial charge in [0.25, 0.3) is 0 Å². The Balaban J connectivity index is 3.16. The highest BCUT2D eigenvalue weighted by Crippen LogP contribution is 2.12. The highest BCUT2D eigenvalue weighted by Gasteiger charge is 2.30. The predicted molar refractivity (Wildman–Crippen MR) is 40.5 cm³/mol. The number of nitrogens with two attached hydrogens (primary N) is 1. The van der Waals surface area contributed by atoms with E-state index < -0.39 is 29.9 Å². The van der Waals surface area contributed by atoms with Gasteiger partial charge >= 0.3 is 7.12 Å². The fourth-order valence-electron chi connectivity index (χ4n) is 0.871. The Bertz CT molecular complexity index is 334. The lowest BCUT2D eigenvalue weighted by molar-refractivity contribution is -0.100. The molecule has 0 amide bonds. The van der Waals surface area contributed by atoms with E-state index in [0.29, 0.717) is 0 Å². The van der Waals surface area contributed by atoms with Crippen LogP contribution in [0, 0.1) is 11.6 Å². The minimum absolute atomic E-state index is 0.484. The number of anilines is 1. The van der Waals surface area contributed by atoms with E-state index in [-0.39, 0.29) is 0 Å². The zero-order valence-corrected chi connectivity index (χ0v) is 6.64. The van der Waals surface area contributed by atoms with Crippen LogP contribution in [0.4, 0.5) is 23.5 Å². The van der Waals surface area contributed by atoms with Crippen molar-refractivity contribution in [2.45, 2.75) is 0 Å². The lowest BCUT2D eigenvalue weighted by atomic mass is 9.79. The molecule has 0 aliphatic carbocycles. The molecule has 14 heavy (non-hydrogen) atoms. The zero-order chi connectivity index (χ0) is 10.7. The Morgan fingerprint density at radius 2 is 1.64 bits per heavy atom. The molecule has 1 aromatic rings. The third kappa shape index (κ3) is 1.80. The molecule has 76 valence electrons. The Hall–Kier alpha value is -1.28. The highest BCUT2D eigenvalue weighted by molar-refractivity contribution is 6.60. The first-order valence-corrected chi connectivity index (χ1v) is 3.40. The van der Waals surface area contributed by atoms with E-state index in [4.69, 9.17) is 5.73 Å². The van der Waals surface area contributed by atoms with Gasteiger partial charge < -0.3 is 5.73 Å². The standard InChI is InChI=1S/C6H4BF4NO2/c8-5-3(7(13-10)14-11)1-2-4(12)6(5)9/h1-2H,12H2. The largest absolute Gasteiger partial charge is 0.571 e. The summed E-state index contributed by atoms with van der Waals surface area (Å²) in [6, 6.07) is 1.77. The molecule has 0 heterocycles. The number of hydrogen-bond donors (Lipinski definition) is 1. The quantitative estimate of drug-likeness (QED) is 0.459. The van der Waals surface area contributed by atoms with Gasteiger partial charge in [-0.3, -0.25) is 0 Å². The van der Waals surface area contributed by atoms with Crippen molar-refractivity contribution in [3.05, 3.63) is 23.8 Å². The predicted octanol–water partition coefficient (Wildman–Crippen LogP) is 1.04. The second-order valence-corrected chi connectivity index (χ2v) is 2.38. The van der Waals surface area contributed by atoms with Crippen LogP contribution in [-0.2, 0) is 9.72 Å². The van der Waals surface area contributed by atoms with Gasteiger partial charge in [-0.05, 0) is 6.07 Å². The maximum Gasteiger partial charge on any atom is 0.571 e. The van der Waals surface area contributed by atoms with Crippen molar-refractivity contribution in [1.29, 1.82) is 0 Å². The van der Waals surface area contributed by atoms with Crippen LogP contribution < -0.4 is 11.2 Å². The van der Waals surface area contributed by atoms with Gasteiger partial charge in [0.1, 0.15) is 0 Å². The average molecular weight is 209 g/mol. The first-order valence-electron chi connectivity index (χ1n) is 3.40. The van der Waals surface area contributed by atoms with Gasteiger partial charge in [0, 0.05) is 5.46 Å². The van der Waals surface area contributed by atoms with E-state index in [1.807, 2.05) is 0 Å². The van der Waals surface area contributed by atoms with Gasteiger partial charge in [-0.2, -0.15) is 0 Å². The Kier molecular flexibility index (Phi) is 3.31. The maximum atomic E-state index is 12.9. The summed E-state index contributed by atoms with van der Waals surface area (Å²) in [4.78, 5) is 5.83. The smallest absolute Gasteiger partial charge is 0.396 e. The Labute approximate surface area is 76.4 Å². The van der Waals surface area contributed by atoms with Crippen LogP contribution in [0.5, 0.6) is 0 Å². The minimum atomic E-state index is -2.26. The van der Waals surface area contributed by atoms with Crippen LogP contribution in [0.15, 0.2) is 12.1 Å². The SMILES string of the molecule is Nc1ccc(B(OF)OF)c(F)c1F. The zero-order valence-electron chi connectivity index (χ0n) is 6.64. The molecule has 0 spiro atoms. The Morgan fingerprint density at radius 1 is 1.07 bits per heavy atom. The fraction of sp³-hybridized carbons (Fsp3) is 0. The van der Waals surface area contributed by atoms with Crippen molar-refractivity contribution >= 4 is 18.3 Å². The lowest BCUT2D eigenvalue weighted by Crippen LogP contribution is -2.36. The topological polar surface area (TPSA) is 44.5 Å². The summed E-state index contributed by atoms with van der Waals surface area (Å²) in [5.74, 6) is -2.94. The maximum absolute atomic E-state index is 12.9. The number of hydrogen-bond acceptors (Lipinski definition) is 3. The molecule has 0 fully saturated rings. The van der Waals surface area contributed by atoms with Gasteiger partial charge in [-0.15, -0.1) is 0 Å². The summed E-state index contributed by atoms with van der Waals surface area (Å²) >= 11 is 0. The monoisotopic (exact) mass is 209 g/mol. The first-order chi connectivity index (χ1) is 6.61. The molecule has 0 aliphatic heterocycles. The van der Waals surface area contributed by atoms with Gasteiger partial charge in [-0.1, -0.05) is 15.1 Å². The van der Waals surface area contributed by atoms with E-state index >= 15 is 0 Å². The van der Waals surface area contributed by atoms with E-state index in [0.717, 1.165) is 12.1 Å². The lowest BCUT2D eigenvalue weighted by Gasteiger charge is -2.05. The van der Waals surface area contributed by atoms with Crippen molar-refractivity contribution < 1.29 is 27.6 Å². The van der Waals surface area contributed by atoms with E-state index in [9.17, 15) is 17.8 Å². The molecule has 0 radical (unpaired) electrons. The minimum Gasteiger partial charge on any atom is -0.396 e. The normalized spacial score (nSPS) is 10.3. The molecular weight excluding hydrogens is 205 g/mol. The van der Waals surface area contributed by atoms with E-state index in [1.54, 1.807) is 0 Å². The van der Waals surface area contributed by atoms with Crippen LogP contribution >= 0.6 is 0 Å². The molecule has 0 atom stereocenters. The molecule has 2 N–H and O–H groups in total. The van der Waals surface area contributed by atoms with Gasteiger partial charge in [0.2, 0.25) is 0 Å². The molecule has 3 nitrogen and oxygen atoms in total. The number of nitrogen functional groups attached to an aromatic ring is 1. The summed E-state index contributed by atoms with van der Waals surface area (Å²) in [5.41, 5.74) is 3.74. The van der Waals surface area contributed by atoms with Crippen LogP contribution in [-0.4, -0.2) is 7.12 Å². The molecule has 0 saturated carbocycles. The van der Waals surface area contributed by atoms with Crippen molar-refractivity contribution in [3.63, 3.8) is 0 Å². The molecule has 1 aromatic carbocycles. The molecule has 0 aromatic heterocycles. The molecule has 0 bridgehead atoms. The van der Waals surface area contributed by atoms with Crippen molar-refractivity contribution in [1.82, 2.24) is 0 Å². The average Bonchev–Trinajstić information content (AvgIpc) is 2.19. The third-order valence-corrected chi connectivity index (χ3v) is 1.56.